The average Bonchev–Trinajstić information content (AvgIpc) is 2.76. The van der Waals surface area contributed by atoms with Gasteiger partial charge in [0.25, 0.3) is 0 Å². The van der Waals surface area contributed by atoms with Crippen LogP contribution in [0.15, 0.2) is 24.3 Å². The van der Waals surface area contributed by atoms with Gasteiger partial charge < -0.3 is 14.4 Å². The van der Waals surface area contributed by atoms with Crippen LogP contribution in [0.5, 0.6) is 5.75 Å². The molecule has 0 atom stereocenters. The van der Waals surface area contributed by atoms with E-state index in [1.165, 1.54) is 0 Å². The van der Waals surface area contributed by atoms with Crippen molar-refractivity contribution in [2.75, 3.05) is 31.2 Å². The number of carbonyl (C=O) groups excluding carboxylic acids is 1. The van der Waals surface area contributed by atoms with Crippen molar-refractivity contribution in [3.05, 3.63) is 41.2 Å². The van der Waals surface area contributed by atoms with E-state index in [-0.39, 0.29) is 17.8 Å². The number of ether oxygens (including phenoxy) is 2. The maximum absolute atomic E-state index is 12.6. The van der Waals surface area contributed by atoms with Gasteiger partial charge in [0.1, 0.15) is 5.75 Å². The maximum atomic E-state index is 12.6. The van der Waals surface area contributed by atoms with Gasteiger partial charge in [-0.15, -0.1) is 0 Å². The highest BCUT2D eigenvalue weighted by Crippen LogP contribution is 2.41. The van der Waals surface area contributed by atoms with E-state index in [1.54, 1.807) is 0 Å². The third kappa shape index (κ3) is 7.22. The number of hydrogen-bond acceptors (Lipinski definition) is 5. The molecule has 192 valence electrons. The molecule has 2 heterocycles. The minimum absolute atomic E-state index is 0.201. The predicted molar refractivity (Wildman–Crippen MR) is 144 cm³/mol. The van der Waals surface area contributed by atoms with Gasteiger partial charge >= 0.3 is 5.97 Å². The Hall–Kier alpha value is -2.56. The van der Waals surface area contributed by atoms with Gasteiger partial charge in [-0.25, -0.2) is 0 Å². The van der Waals surface area contributed by atoms with Gasteiger partial charge in [0.15, 0.2) is 0 Å². The first-order valence-electron chi connectivity index (χ1n) is 13.0. The van der Waals surface area contributed by atoms with Gasteiger partial charge in [0.2, 0.25) is 0 Å². The number of aromatic nitrogens is 1. The minimum Gasteiger partial charge on any atom is -0.494 e. The Kier molecular flexibility index (Phi) is 8.50. The summed E-state index contributed by atoms with van der Waals surface area (Å²) in [6.45, 7) is 20.3. The molecule has 1 fully saturated rings. The van der Waals surface area contributed by atoms with E-state index < -0.39 is 0 Å². The molecule has 0 aliphatic carbocycles. The summed E-state index contributed by atoms with van der Waals surface area (Å²) in [5, 5.41) is 0. The highest BCUT2D eigenvalue weighted by molar-refractivity contribution is 5.86. The average molecular weight is 481 g/mol. The van der Waals surface area contributed by atoms with Crippen LogP contribution in [0, 0.1) is 24.7 Å². The number of benzene rings is 1. The van der Waals surface area contributed by atoms with E-state index in [0.29, 0.717) is 18.6 Å². The molecule has 1 aliphatic rings. The summed E-state index contributed by atoms with van der Waals surface area (Å²) in [5.74, 6) is 0.678. The molecule has 35 heavy (non-hydrogen) atoms. The van der Waals surface area contributed by atoms with Gasteiger partial charge in [0.05, 0.1) is 25.3 Å². The van der Waals surface area contributed by atoms with Crippen molar-refractivity contribution in [1.29, 1.82) is 0 Å². The molecule has 3 rings (SSSR count). The quantitative estimate of drug-likeness (QED) is 0.384. The first-order valence-corrected chi connectivity index (χ1v) is 13.0. The van der Waals surface area contributed by atoms with E-state index >= 15 is 0 Å². The summed E-state index contributed by atoms with van der Waals surface area (Å²) in [6, 6.07) is 8.34. The number of anilines is 1. The predicted octanol–water partition coefficient (Wildman–Crippen LogP) is 6.91. The number of aryl methyl sites for hydroxylation is 2. The minimum atomic E-state index is -0.201. The molecule has 0 bridgehead atoms. The maximum Gasteiger partial charge on any atom is 0.310 e. The zero-order chi connectivity index (χ0) is 25.8. The summed E-state index contributed by atoms with van der Waals surface area (Å²) in [5.41, 5.74) is 6.80. The first kappa shape index (κ1) is 27.0. The second-order valence-corrected chi connectivity index (χ2v) is 11.8. The van der Waals surface area contributed by atoms with E-state index in [9.17, 15) is 4.79 Å². The van der Waals surface area contributed by atoms with Crippen molar-refractivity contribution in [3.63, 3.8) is 0 Å². The van der Waals surface area contributed by atoms with Crippen LogP contribution < -0.4 is 9.64 Å². The molecule has 5 heteroatoms. The molecule has 0 spiro atoms. The molecular weight excluding hydrogens is 436 g/mol. The molecule has 1 aromatic heterocycles. The lowest BCUT2D eigenvalue weighted by Crippen LogP contribution is -2.38. The summed E-state index contributed by atoms with van der Waals surface area (Å²) < 4.78 is 11.3. The first-order chi connectivity index (χ1) is 16.4. The SMILES string of the molecule is CCOC(=O)Cc1c(C)nc(C)c(-c2ccc(OCCC(C)(C)C)cc2)c1N1CCC(C)(C)CC1. The molecule has 0 amide bonds. The molecule has 0 saturated carbocycles. The number of rotatable bonds is 8. The third-order valence-corrected chi connectivity index (χ3v) is 6.98. The van der Waals surface area contributed by atoms with Crippen LogP contribution in [0.1, 0.15) is 77.8 Å². The Morgan fingerprint density at radius 2 is 1.69 bits per heavy atom. The summed E-state index contributed by atoms with van der Waals surface area (Å²) >= 11 is 0. The summed E-state index contributed by atoms with van der Waals surface area (Å²) in [6.07, 6.45) is 3.48. The summed E-state index contributed by atoms with van der Waals surface area (Å²) in [4.78, 5) is 19.9. The Labute approximate surface area is 212 Å². The van der Waals surface area contributed by atoms with Crippen LogP contribution in [0.3, 0.4) is 0 Å². The number of esters is 1. The van der Waals surface area contributed by atoms with Crippen molar-refractivity contribution in [2.24, 2.45) is 10.8 Å². The Balaban J connectivity index is 2.00. The summed E-state index contributed by atoms with van der Waals surface area (Å²) in [7, 11) is 0. The molecule has 1 aliphatic heterocycles. The standard InChI is InChI=1S/C30H44N2O3/c1-9-34-26(33)20-25-21(2)31-22(3)27(28(25)32-17-14-30(7,8)15-18-32)23-10-12-24(13-11-23)35-19-16-29(4,5)6/h10-13H,9,14-20H2,1-8H3. The Bertz CT molecular complexity index is 1010. The second-order valence-electron chi connectivity index (χ2n) is 11.8. The monoisotopic (exact) mass is 480 g/mol. The Morgan fingerprint density at radius 3 is 2.26 bits per heavy atom. The largest absolute Gasteiger partial charge is 0.494 e. The molecule has 0 unspecified atom stereocenters. The van der Waals surface area contributed by atoms with Crippen molar-refractivity contribution in [2.45, 2.75) is 81.1 Å². The lowest BCUT2D eigenvalue weighted by atomic mass is 9.82. The highest BCUT2D eigenvalue weighted by Gasteiger charge is 2.30. The molecular formula is C30H44N2O3. The molecule has 5 nitrogen and oxygen atoms in total. The number of carbonyl (C=O) groups is 1. The lowest BCUT2D eigenvalue weighted by Gasteiger charge is -2.40. The molecule has 2 aromatic rings. The van der Waals surface area contributed by atoms with Gasteiger partial charge in [-0.05, 0) is 68.6 Å². The van der Waals surface area contributed by atoms with Gasteiger partial charge in [-0.3, -0.25) is 9.78 Å². The van der Waals surface area contributed by atoms with Crippen LogP contribution in [-0.4, -0.2) is 37.3 Å². The van der Waals surface area contributed by atoms with Crippen LogP contribution in [0.2, 0.25) is 0 Å². The normalized spacial score (nSPS) is 15.7. The topological polar surface area (TPSA) is 51.7 Å². The van der Waals surface area contributed by atoms with E-state index in [0.717, 1.165) is 71.9 Å². The smallest absolute Gasteiger partial charge is 0.310 e. The number of pyridine rings is 1. The van der Waals surface area contributed by atoms with Crippen molar-refractivity contribution < 1.29 is 14.3 Å². The van der Waals surface area contributed by atoms with E-state index in [1.807, 2.05) is 26.0 Å². The highest BCUT2D eigenvalue weighted by atomic mass is 16.5. The van der Waals surface area contributed by atoms with Gasteiger partial charge in [0, 0.05) is 35.6 Å². The van der Waals surface area contributed by atoms with Crippen molar-refractivity contribution in [1.82, 2.24) is 4.98 Å². The zero-order valence-corrected chi connectivity index (χ0v) is 23.1. The number of nitrogens with zero attached hydrogens (tertiary/aromatic N) is 2. The number of hydrogen-bond donors (Lipinski definition) is 0. The lowest BCUT2D eigenvalue weighted by molar-refractivity contribution is -0.142. The van der Waals surface area contributed by atoms with Crippen LogP contribution in [0.4, 0.5) is 5.69 Å². The molecule has 1 saturated heterocycles. The van der Waals surface area contributed by atoms with Crippen molar-refractivity contribution in [3.8, 4) is 16.9 Å². The van der Waals surface area contributed by atoms with Crippen LogP contribution in [0.25, 0.3) is 11.1 Å². The second kappa shape index (κ2) is 11.0. The molecule has 0 N–H and O–H groups in total. The van der Waals surface area contributed by atoms with Gasteiger partial charge in [-0.1, -0.05) is 46.8 Å². The van der Waals surface area contributed by atoms with E-state index in [2.05, 4.69) is 58.6 Å². The van der Waals surface area contributed by atoms with E-state index in [4.69, 9.17) is 14.5 Å². The van der Waals surface area contributed by atoms with Crippen LogP contribution in [-0.2, 0) is 16.0 Å². The molecule has 0 radical (unpaired) electrons. The Morgan fingerprint density at radius 1 is 1.06 bits per heavy atom. The van der Waals surface area contributed by atoms with Crippen LogP contribution >= 0.6 is 0 Å². The fourth-order valence-corrected chi connectivity index (χ4v) is 4.66. The molecule has 1 aromatic carbocycles. The van der Waals surface area contributed by atoms with Crippen molar-refractivity contribution >= 4 is 11.7 Å². The number of piperidine rings is 1. The fraction of sp³-hybridized carbons (Fsp3) is 0.600. The zero-order valence-electron chi connectivity index (χ0n) is 23.1. The third-order valence-electron chi connectivity index (χ3n) is 6.98. The van der Waals surface area contributed by atoms with Gasteiger partial charge in [-0.2, -0.15) is 0 Å². The fourth-order valence-electron chi connectivity index (χ4n) is 4.66.